The maximum Gasteiger partial charge on any atom is 0.233 e. The van der Waals surface area contributed by atoms with Crippen LogP contribution >= 0.6 is 0 Å². The first-order valence-electron chi connectivity index (χ1n) is 9.10. The second-order valence-electron chi connectivity index (χ2n) is 6.83. The van der Waals surface area contributed by atoms with Gasteiger partial charge in [-0.1, -0.05) is 18.6 Å². The van der Waals surface area contributed by atoms with Crippen LogP contribution in [0.15, 0.2) is 30.5 Å². The van der Waals surface area contributed by atoms with Crippen molar-refractivity contribution < 1.29 is 9.53 Å². The molecule has 1 aromatic carbocycles. The highest BCUT2D eigenvalue weighted by Crippen LogP contribution is 2.29. The molecule has 3 heterocycles. The van der Waals surface area contributed by atoms with Crippen LogP contribution in [0.4, 0.5) is 0 Å². The number of hydrogen-bond acceptors (Lipinski definition) is 6. The summed E-state index contributed by atoms with van der Waals surface area (Å²) in [7, 11) is 3.46. The molecule has 0 radical (unpaired) electrons. The van der Waals surface area contributed by atoms with E-state index in [1.54, 1.807) is 22.9 Å². The zero-order chi connectivity index (χ0) is 18.8. The zero-order valence-corrected chi connectivity index (χ0v) is 15.5. The van der Waals surface area contributed by atoms with Crippen molar-refractivity contribution in [2.24, 2.45) is 0 Å². The molecule has 0 unspecified atom stereocenters. The Kier molecular flexibility index (Phi) is 4.70. The van der Waals surface area contributed by atoms with Crippen LogP contribution in [-0.2, 0) is 17.9 Å². The highest BCUT2D eigenvalue weighted by atomic mass is 16.5. The molecule has 8 heteroatoms. The average molecular weight is 366 g/mol. The van der Waals surface area contributed by atoms with E-state index in [1.807, 2.05) is 31.3 Å². The quantitative estimate of drug-likeness (QED) is 0.703. The van der Waals surface area contributed by atoms with Gasteiger partial charge in [-0.25, -0.2) is 4.68 Å². The molecule has 0 bridgehead atoms. The zero-order valence-electron chi connectivity index (χ0n) is 15.5. The number of aromatic nitrogens is 5. The van der Waals surface area contributed by atoms with Gasteiger partial charge in [0.05, 0.1) is 13.0 Å². The molecule has 0 N–H and O–H groups in total. The fourth-order valence-corrected chi connectivity index (χ4v) is 3.70. The SMILES string of the molecule is COc1ccc(CN(C)C(=O)[C@H]2CCCCn3nnnc32)c2cccnc12. The molecule has 0 aliphatic carbocycles. The van der Waals surface area contributed by atoms with Gasteiger partial charge in [0.2, 0.25) is 5.91 Å². The van der Waals surface area contributed by atoms with Crippen molar-refractivity contribution in [3.63, 3.8) is 0 Å². The van der Waals surface area contributed by atoms with E-state index in [1.165, 1.54) is 0 Å². The van der Waals surface area contributed by atoms with Gasteiger partial charge in [0.1, 0.15) is 11.3 Å². The number of pyridine rings is 1. The number of carbonyl (C=O) groups is 1. The fraction of sp³-hybridized carbons (Fsp3) is 0.421. The first kappa shape index (κ1) is 17.4. The van der Waals surface area contributed by atoms with Gasteiger partial charge in [-0.3, -0.25) is 9.78 Å². The number of amides is 1. The fourth-order valence-electron chi connectivity index (χ4n) is 3.70. The predicted molar refractivity (Wildman–Crippen MR) is 99.2 cm³/mol. The van der Waals surface area contributed by atoms with E-state index >= 15 is 0 Å². The summed E-state index contributed by atoms with van der Waals surface area (Å²) in [4.78, 5) is 19.3. The van der Waals surface area contributed by atoms with Gasteiger partial charge in [0, 0.05) is 31.7 Å². The molecule has 1 aliphatic heterocycles. The minimum absolute atomic E-state index is 0.0424. The monoisotopic (exact) mass is 366 g/mol. The number of carbonyl (C=O) groups excluding carboxylic acids is 1. The summed E-state index contributed by atoms with van der Waals surface area (Å²) in [5.41, 5.74) is 1.83. The van der Waals surface area contributed by atoms with Gasteiger partial charge in [-0.05, 0) is 41.0 Å². The van der Waals surface area contributed by atoms with Gasteiger partial charge < -0.3 is 9.64 Å². The Morgan fingerprint density at radius 2 is 2.22 bits per heavy atom. The highest BCUT2D eigenvalue weighted by Gasteiger charge is 2.30. The van der Waals surface area contributed by atoms with Crippen LogP contribution in [0, 0.1) is 0 Å². The number of hydrogen-bond donors (Lipinski definition) is 0. The van der Waals surface area contributed by atoms with Crippen LogP contribution in [0.25, 0.3) is 10.9 Å². The molecule has 0 spiro atoms. The number of fused-ring (bicyclic) bond motifs is 2. The Balaban J connectivity index is 1.61. The number of tetrazole rings is 1. The number of aryl methyl sites for hydroxylation is 1. The predicted octanol–water partition coefficient (Wildman–Crippen LogP) is 2.16. The molecule has 1 aliphatic rings. The van der Waals surface area contributed by atoms with Crippen molar-refractivity contribution in [2.75, 3.05) is 14.2 Å². The summed E-state index contributed by atoms with van der Waals surface area (Å²) in [6.07, 6.45) is 4.48. The van der Waals surface area contributed by atoms with Crippen molar-refractivity contribution in [1.29, 1.82) is 0 Å². The molecule has 1 amide bonds. The highest BCUT2D eigenvalue weighted by molar-refractivity contribution is 5.88. The van der Waals surface area contributed by atoms with E-state index in [0.717, 1.165) is 48.0 Å². The maximum atomic E-state index is 13.2. The lowest BCUT2D eigenvalue weighted by Crippen LogP contribution is -2.32. The Labute approximate surface area is 157 Å². The Hall–Kier alpha value is -3.03. The van der Waals surface area contributed by atoms with E-state index in [0.29, 0.717) is 12.4 Å². The van der Waals surface area contributed by atoms with Gasteiger partial charge in [0.15, 0.2) is 5.82 Å². The molecular formula is C19H22N6O2. The Morgan fingerprint density at radius 3 is 3.07 bits per heavy atom. The molecule has 0 saturated heterocycles. The molecule has 3 aromatic rings. The molecule has 1 atom stereocenters. The third kappa shape index (κ3) is 3.22. The van der Waals surface area contributed by atoms with Crippen LogP contribution < -0.4 is 4.74 Å². The third-order valence-corrected chi connectivity index (χ3v) is 5.11. The van der Waals surface area contributed by atoms with Crippen LogP contribution in [0.2, 0.25) is 0 Å². The van der Waals surface area contributed by atoms with Crippen molar-refractivity contribution in [2.45, 2.75) is 38.3 Å². The summed E-state index contributed by atoms with van der Waals surface area (Å²) in [5, 5.41) is 12.9. The largest absolute Gasteiger partial charge is 0.494 e. The van der Waals surface area contributed by atoms with Crippen molar-refractivity contribution >= 4 is 16.8 Å². The van der Waals surface area contributed by atoms with Crippen LogP contribution in [-0.4, -0.2) is 50.2 Å². The third-order valence-electron chi connectivity index (χ3n) is 5.11. The smallest absolute Gasteiger partial charge is 0.233 e. The summed E-state index contributed by atoms with van der Waals surface area (Å²) in [6.45, 7) is 1.26. The van der Waals surface area contributed by atoms with Gasteiger partial charge in [0.25, 0.3) is 0 Å². The van der Waals surface area contributed by atoms with E-state index in [4.69, 9.17) is 4.74 Å². The molecule has 0 saturated carbocycles. The van der Waals surface area contributed by atoms with E-state index in [9.17, 15) is 4.79 Å². The van der Waals surface area contributed by atoms with Crippen LogP contribution in [0.1, 0.15) is 36.6 Å². The second-order valence-corrected chi connectivity index (χ2v) is 6.83. The summed E-state index contributed by atoms with van der Waals surface area (Å²) in [5.74, 6) is 1.15. The van der Waals surface area contributed by atoms with Crippen molar-refractivity contribution in [3.8, 4) is 5.75 Å². The molecule has 4 rings (SSSR count). The molecule has 27 heavy (non-hydrogen) atoms. The minimum atomic E-state index is -0.296. The van der Waals surface area contributed by atoms with E-state index in [2.05, 4.69) is 20.5 Å². The number of benzene rings is 1. The maximum absolute atomic E-state index is 13.2. The number of nitrogens with zero attached hydrogens (tertiary/aromatic N) is 6. The topological polar surface area (TPSA) is 86.0 Å². The van der Waals surface area contributed by atoms with E-state index in [-0.39, 0.29) is 11.8 Å². The second kappa shape index (κ2) is 7.30. The van der Waals surface area contributed by atoms with Gasteiger partial charge in [-0.2, -0.15) is 0 Å². The number of ether oxygens (including phenoxy) is 1. The molecule has 2 aromatic heterocycles. The molecule has 0 fully saturated rings. The first-order valence-corrected chi connectivity index (χ1v) is 9.10. The number of likely N-dealkylation sites (N-methyl/N-ethyl adjacent to an activating group) is 1. The molecular weight excluding hydrogens is 344 g/mol. The van der Waals surface area contributed by atoms with Gasteiger partial charge >= 0.3 is 0 Å². The first-order chi connectivity index (χ1) is 13.2. The Bertz CT molecular complexity index is 970. The van der Waals surface area contributed by atoms with Crippen LogP contribution in [0.3, 0.4) is 0 Å². The van der Waals surface area contributed by atoms with Crippen molar-refractivity contribution in [3.05, 3.63) is 41.9 Å². The standard InChI is InChI=1S/C19H22N6O2/c1-24(19(26)15-6-3-4-11-25-18(15)21-22-23-25)12-13-8-9-16(27-2)17-14(13)7-5-10-20-17/h5,7-10,15H,3-4,6,11-12H2,1-2H3/t15-/m0/s1. The van der Waals surface area contributed by atoms with E-state index < -0.39 is 0 Å². The van der Waals surface area contributed by atoms with Crippen molar-refractivity contribution in [1.82, 2.24) is 30.1 Å². The lowest BCUT2D eigenvalue weighted by molar-refractivity contribution is -0.132. The number of methoxy groups -OCH3 is 1. The van der Waals surface area contributed by atoms with Crippen LogP contribution in [0.5, 0.6) is 5.75 Å². The number of rotatable bonds is 4. The molecule has 8 nitrogen and oxygen atoms in total. The van der Waals surface area contributed by atoms with Gasteiger partial charge in [-0.15, -0.1) is 5.10 Å². The summed E-state index contributed by atoms with van der Waals surface area (Å²) in [6, 6.07) is 7.79. The lowest BCUT2D eigenvalue weighted by Gasteiger charge is -2.23. The Morgan fingerprint density at radius 1 is 1.33 bits per heavy atom. The minimum Gasteiger partial charge on any atom is -0.494 e. The molecule has 140 valence electrons. The summed E-state index contributed by atoms with van der Waals surface area (Å²) < 4.78 is 7.17. The lowest BCUT2D eigenvalue weighted by atomic mass is 10.00. The average Bonchev–Trinajstić information content (AvgIpc) is 3.07. The summed E-state index contributed by atoms with van der Waals surface area (Å²) >= 11 is 0. The normalized spacial score (nSPS) is 16.6.